The van der Waals surface area contributed by atoms with E-state index in [1.54, 1.807) is 39.2 Å². The van der Waals surface area contributed by atoms with E-state index in [-0.39, 0.29) is 0 Å². The van der Waals surface area contributed by atoms with Crippen molar-refractivity contribution in [3.8, 4) is 11.5 Å². The van der Waals surface area contributed by atoms with Crippen molar-refractivity contribution in [2.75, 3.05) is 13.7 Å². The lowest BCUT2D eigenvalue weighted by Crippen LogP contribution is -2.29. The molecule has 0 aromatic heterocycles. The fraction of sp³-hybridized carbons (Fsp3) is 0.533. The molecule has 0 bridgehead atoms. The Morgan fingerprint density at radius 3 is 2.55 bits per heavy atom. The summed E-state index contributed by atoms with van der Waals surface area (Å²) in [5.74, 6) is 0.622. The quantitative estimate of drug-likeness (QED) is 0.778. The molecule has 0 saturated carbocycles. The van der Waals surface area contributed by atoms with Crippen LogP contribution < -0.4 is 9.47 Å². The van der Waals surface area contributed by atoms with Gasteiger partial charge in [-0.2, -0.15) is 0 Å². The van der Waals surface area contributed by atoms with Gasteiger partial charge in [-0.15, -0.1) is 0 Å². The van der Waals surface area contributed by atoms with Crippen LogP contribution in [0.4, 0.5) is 0 Å². The van der Waals surface area contributed by atoms with Gasteiger partial charge in [0, 0.05) is 11.6 Å². The second kappa shape index (κ2) is 7.75. The number of aliphatic hydroxyl groups is 1. The van der Waals surface area contributed by atoms with E-state index in [0.717, 1.165) is 0 Å². The van der Waals surface area contributed by atoms with E-state index in [1.807, 2.05) is 6.92 Å². The molecule has 0 radical (unpaired) electrons. The van der Waals surface area contributed by atoms with Crippen molar-refractivity contribution in [2.24, 2.45) is 0 Å². The smallest absolute Gasteiger partial charge is 0.347 e. The Hall–Kier alpha value is -1.75. The minimum absolute atomic E-state index is 0.306. The first-order valence-electron chi connectivity index (χ1n) is 6.72. The number of ether oxygens (including phenoxy) is 3. The summed E-state index contributed by atoms with van der Waals surface area (Å²) in [7, 11) is 1.55. The molecule has 1 unspecified atom stereocenters. The van der Waals surface area contributed by atoms with Gasteiger partial charge in [0.15, 0.2) is 6.10 Å². The number of rotatable bonds is 7. The van der Waals surface area contributed by atoms with Crippen molar-refractivity contribution in [1.29, 1.82) is 0 Å². The fourth-order valence-electron chi connectivity index (χ4n) is 1.78. The summed E-state index contributed by atoms with van der Waals surface area (Å²) in [6, 6.07) is 5.11. The van der Waals surface area contributed by atoms with E-state index in [4.69, 9.17) is 14.2 Å². The van der Waals surface area contributed by atoms with Gasteiger partial charge in [-0.25, -0.2) is 4.79 Å². The highest BCUT2D eigenvalue weighted by atomic mass is 16.6. The fourth-order valence-corrected chi connectivity index (χ4v) is 1.78. The topological polar surface area (TPSA) is 65.0 Å². The molecule has 0 fully saturated rings. The molecule has 5 nitrogen and oxygen atoms in total. The molecular formula is C15H22O5. The highest BCUT2D eigenvalue weighted by molar-refractivity contribution is 5.75. The largest absolute Gasteiger partial charge is 0.497 e. The number of methoxy groups -OCH3 is 1. The molecule has 0 aliphatic heterocycles. The maximum absolute atomic E-state index is 11.8. The van der Waals surface area contributed by atoms with E-state index in [2.05, 4.69) is 0 Å². The molecule has 1 aromatic carbocycles. The lowest BCUT2D eigenvalue weighted by molar-refractivity contribution is -0.151. The molecule has 0 spiro atoms. The van der Waals surface area contributed by atoms with Crippen LogP contribution in [0.25, 0.3) is 0 Å². The second-order valence-corrected chi connectivity index (χ2v) is 4.35. The molecule has 5 heteroatoms. The number of hydrogen-bond donors (Lipinski definition) is 1. The van der Waals surface area contributed by atoms with Crippen molar-refractivity contribution in [3.05, 3.63) is 23.8 Å². The van der Waals surface area contributed by atoms with Gasteiger partial charge in [0.25, 0.3) is 0 Å². The molecular weight excluding hydrogens is 260 g/mol. The predicted molar refractivity (Wildman–Crippen MR) is 75.0 cm³/mol. The Labute approximate surface area is 119 Å². The Bertz CT molecular complexity index is 442. The van der Waals surface area contributed by atoms with Gasteiger partial charge >= 0.3 is 5.97 Å². The third-order valence-corrected chi connectivity index (χ3v) is 2.86. The van der Waals surface area contributed by atoms with Gasteiger partial charge in [0.1, 0.15) is 11.5 Å². The number of aliphatic hydroxyl groups excluding tert-OH is 1. The maximum atomic E-state index is 11.8. The number of esters is 1. The number of benzene rings is 1. The Morgan fingerprint density at radius 1 is 1.35 bits per heavy atom. The average Bonchev–Trinajstić information content (AvgIpc) is 2.44. The molecule has 1 aromatic rings. The molecule has 20 heavy (non-hydrogen) atoms. The van der Waals surface area contributed by atoms with Gasteiger partial charge < -0.3 is 19.3 Å². The summed E-state index contributed by atoms with van der Waals surface area (Å²) >= 11 is 0. The van der Waals surface area contributed by atoms with Gasteiger partial charge in [0.2, 0.25) is 0 Å². The Morgan fingerprint density at radius 2 is 2.05 bits per heavy atom. The minimum atomic E-state index is -0.699. The maximum Gasteiger partial charge on any atom is 0.347 e. The van der Waals surface area contributed by atoms with Crippen LogP contribution in [0.5, 0.6) is 11.5 Å². The van der Waals surface area contributed by atoms with Gasteiger partial charge in [-0.1, -0.05) is 6.92 Å². The van der Waals surface area contributed by atoms with Crippen LogP contribution in [0.15, 0.2) is 18.2 Å². The first-order chi connectivity index (χ1) is 9.53. The molecule has 0 heterocycles. The molecule has 0 saturated heterocycles. The predicted octanol–water partition coefficient (Wildman–Crippen LogP) is 2.47. The van der Waals surface area contributed by atoms with Crippen molar-refractivity contribution in [1.82, 2.24) is 0 Å². The van der Waals surface area contributed by atoms with E-state index >= 15 is 0 Å². The standard InChI is InChI=1S/C15H22O5/c1-5-13(15(17)19-6-2)20-14-9-11(18-4)7-8-12(14)10(3)16/h7-10,13,16H,5-6H2,1-4H3/t10-,13?/m0/s1. The summed E-state index contributed by atoms with van der Waals surface area (Å²) in [5, 5.41) is 9.76. The highest BCUT2D eigenvalue weighted by Gasteiger charge is 2.22. The lowest BCUT2D eigenvalue weighted by Gasteiger charge is -2.20. The highest BCUT2D eigenvalue weighted by Crippen LogP contribution is 2.30. The van der Waals surface area contributed by atoms with E-state index in [9.17, 15) is 9.90 Å². The van der Waals surface area contributed by atoms with Crippen LogP contribution in [0.2, 0.25) is 0 Å². The van der Waals surface area contributed by atoms with Crippen molar-refractivity contribution in [3.63, 3.8) is 0 Å². The average molecular weight is 282 g/mol. The number of hydrogen-bond acceptors (Lipinski definition) is 5. The monoisotopic (exact) mass is 282 g/mol. The van der Waals surface area contributed by atoms with Crippen LogP contribution in [0.1, 0.15) is 38.9 Å². The van der Waals surface area contributed by atoms with Crippen molar-refractivity contribution < 1.29 is 24.1 Å². The van der Waals surface area contributed by atoms with Crippen molar-refractivity contribution >= 4 is 5.97 Å². The molecule has 0 amide bonds. The second-order valence-electron chi connectivity index (χ2n) is 4.35. The molecule has 112 valence electrons. The number of carbonyl (C=O) groups excluding carboxylic acids is 1. The van der Waals surface area contributed by atoms with Crippen molar-refractivity contribution in [2.45, 2.75) is 39.4 Å². The van der Waals surface area contributed by atoms with Gasteiger partial charge in [-0.3, -0.25) is 0 Å². The molecule has 1 rings (SSSR count). The van der Waals surface area contributed by atoms with Crippen LogP contribution in [-0.4, -0.2) is 30.9 Å². The summed E-state index contributed by atoms with van der Waals surface area (Å²) in [6.45, 7) is 5.53. The summed E-state index contributed by atoms with van der Waals surface area (Å²) in [6.07, 6.45) is -0.912. The Balaban J connectivity index is 3.00. The normalized spacial score (nSPS) is 13.4. The summed E-state index contributed by atoms with van der Waals surface area (Å²) < 4.78 is 15.8. The zero-order chi connectivity index (χ0) is 15.1. The number of carbonyl (C=O) groups is 1. The van der Waals surface area contributed by atoms with E-state index in [1.165, 1.54) is 0 Å². The lowest BCUT2D eigenvalue weighted by atomic mass is 10.1. The van der Waals surface area contributed by atoms with E-state index in [0.29, 0.717) is 30.1 Å². The Kier molecular flexibility index (Phi) is 6.31. The molecule has 0 aliphatic carbocycles. The molecule has 1 N–H and O–H groups in total. The zero-order valence-electron chi connectivity index (χ0n) is 12.4. The SMILES string of the molecule is CCOC(=O)C(CC)Oc1cc(OC)ccc1[C@H](C)O. The third-order valence-electron chi connectivity index (χ3n) is 2.86. The summed E-state index contributed by atoms with van der Waals surface area (Å²) in [4.78, 5) is 11.8. The van der Waals surface area contributed by atoms with Gasteiger partial charge in [-0.05, 0) is 32.4 Å². The zero-order valence-corrected chi connectivity index (χ0v) is 12.4. The van der Waals surface area contributed by atoms with Crippen LogP contribution >= 0.6 is 0 Å². The van der Waals surface area contributed by atoms with Crippen LogP contribution in [0, 0.1) is 0 Å². The van der Waals surface area contributed by atoms with Crippen LogP contribution in [-0.2, 0) is 9.53 Å². The van der Waals surface area contributed by atoms with Crippen LogP contribution in [0.3, 0.4) is 0 Å². The summed E-state index contributed by atoms with van der Waals surface area (Å²) in [5.41, 5.74) is 0.605. The molecule has 0 aliphatic rings. The molecule has 2 atom stereocenters. The van der Waals surface area contributed by atoms with Gasteiger partial charge in [0.05, 0.1) is 19.8 Å². The first-order valence-corrected chi connectivity index (χ1v) is 6.72. The minimum Gasteiger partial charge on any atom is -0.497 e. The third kappa shape index (κ3) is 4.13. The first kappa shape index (κ1) is 16.3. The van der Waals surface area contributed by atoms with E-state index < -0.39 is 18.2 Å².